The zero-order valence-corrected chi connectivity index (χ0v) is 16.8. The predicted octanol–water partition coefficient (Wildman–Crippen LogP) is 5.05. The molecule has 0 saturated carbocycles. The highest BCUT2D eigenvalue weighted by atomic mass is 16.6. The third-order valence-corrected chi connectivity index (χ3v) is 4.88. The number of aryl methyl sites for hydroxylation is 1. The Morgan fingerprint density at radius 1 is 1.19 bits per heavy atom. The second-order valence-electron chi connectivity index (χ2n) is 7.26. The number of carbonyl (C=O) groups excluding carboxylic acids is 1. The zero-order chi connectivity index (χ0) is 21.6. The molecule has 0 saturated heterocycles. The smallest absolute Gasteiger partial charge is 0.271 e. The normalized spacial score (nSPS) is 13.1. The number of carbonyl (C=O) groups is 1. The van der Waals surface area contributed by atoms with E-state index < -0.39 is 4.92 Å². The van der Waals surface area contributed by atoms with Crippen molar-refractivity contribution >= 4 is 28.3 Å². The van der Waals surface area contributed by atoms with Crippen molar-refractivity contribution in [1.82, 2.24) is 9.97 Å². The van der Waals surface area contributed by atoms with E-state index in [9.17, 15) is 14.9 Å². The standard InChI is InChI=1S/C23H22N4O4/c28-23(24-16-9-12-19(13-10-16)31-18-5-2-1-3-6-18)8-4-7-22-25-20-14-11-17(27(29)30)15-21(20)26-22/h2,5-6,9-15H,1,3-4,7-8H2,(H,24,28)(H,25,26). The van der Waals surface area contributed by atoms with E-state index in [0.29, 0.717) is 41.8 Å². The largest absolute Gasteiger partial charge is 0.458 e. The average Bonchev–Trinajstić information content (AvgIpc) is 3.18. The number of anilines is 1. The molecule has 0 spiro atoms. The van der Waals surface area contributed by atoms with Crippen molar-refractivity contribution in [3.63, 3.8) is 0 Å². The molecule has 8 heteroatoms. The number of fused-ring (bicyclic) bond motifs is 1. The molecule has 8 nitrogen and oxygen atoms in total. The van der Waals surface area contributed by atoms with Gasteiger partial charge in [-0.2, -0.15) is 0 Å². The number of nitro benzene ring substituents is 1. The number of benzene rings is 2. The van der Waals surface area contributed by atoms with Crippen LogP contribution in [0.4, 0.5) is 11.4 Å². The quantitative estimate of drug-likeness (QED) is 0.393. The number of amides is 1. The molecule has 2 N–H and O–H groups in total. The fourth-order valence-corrected chi connectivity index (χ4v) is 3.33. The van der Waals surface area contributed by atoms with Gasteiger partial charge in [0.05, 0.1) is 16.0 Å². The molecule has 0 radical (unpaired) electrons. The Morgan fingerprint density at radius 2 is 2.03 bits per heavy atom. The summed E-state index contributed by atoms with van der Waals surface area (Å²) < 4.78 is 5.79. The molecule has 1 heterocycles. The topological polar surface area (TPSA) is 110 Å². The Labute approximate surface area is 178 Å². The monoisotopic (exact) mass is 418 g/mol. The number of imidazole rings is 1. The number of hydrogen-bond acceptors (Lipinski definition) is 5. The Hall–Kier alpha value is -3.94. The Bertz CT molecular complexity index is 1160. The first-order valence-corrected chi connectivity index (χ1v) is 10.1. The first-order valence-electron chi connectivity index (χ1n) is 10.1. The van der Waals surface area contributed by atoms with Crippen molar-refractivity contribution in [1.29, 1.82) is 0 Å². The number of aromatic amines is 1. The van der Waals surface area contributed by atoms with Crippen LogP contribution in [0.2, 0.25) is 0 Å². The van der Waals surface area contributed by atoms with Crippen LogP contribution in [0, 0.1) is 10.1 Å². The number of H-pyrrole nitrogens is 1. The van der Waals surface area contributed by atoms with Gasteiger partial charge in [0.15, 0.2) is 0 Å². The van der Waals surface area contributed by atoms with Crippen LogP contribution in [0.3, 0.4) is 0 Å². The van der Waals surface area contributed by atoms with Gasteiger partial charge in [-0.3, -0.25) is 14.9 Å². The highest BCUT2D eigenvalue weighted by Crippen LogP contribution is 2.21. The summed E-state index contributed by atoms with van der Waals surface area (Å²) in [6.07, 6.45) is 9.64. The summed E-state index contributed by atoms with van der Waals surface area (Å²) >= 11 is 0. The van der Waals surface area contributed by atoms with Gasteiger partial charge in [0.25, 0.3) is 5.69 Å². The summed E-state index contributed by atoms with van der Waals surface area (Å²) in [4.78, 5) is 30.2. The van der Waals surface area contributed by atoms with E-state index in [1.807, 2.05) is 30.3 Å². The van der Waals surface area contributed by atoms with E-state index in [0.717, 1.165) is 24.4 Å². The van der Waals surface area contributed by atoms with Crippen molar-refractivity contribution in [2.24, 2.45) is 0 Å². The zero-order valence-electron chi connectivity index (χ0n) is 16.8. The van der Waals surface area contributed by atoms with E-state index in [1.54, 1.807) is 6.07 Å². The molecule has 31 heavy (non-hydrogen) atoms. The van der Waals surface area contributed by atoms with Crippen molar-refractivity contribution in [3.8, 4) is 5.75 Å². The number of hydrogen-bond donors (Lipinski definition) is 2. The minimum atomic E-state index is -0.437. The molecule has 4 rings (SSSR count). The number of nitrogens with zero attached hydrogens (tertiary/aromatic N) is 2. The second-order valence-corrected chi connectivity index (χ2v) is 7.26. The van der Waals surface area contributed by atoms with Crippen LogP contribution in [-0.4, -0.2) is 20.8 Å². The molecule has 0 unspecified atom stereocenters. The van der Waals surface area contributed by atoms with Crippen molar-refractivity contribution in [2.75, 3.05) is 5.32 Å². The average molecular weight is 418 g/mol. The summed E-state index contributed by atoms with van der Waals surface area (Å²) in [5, 5.41) is 13.7. The lowest BCUT2D eigenvalue weighted by atomic mass is 10.2. The molecule has 0 atom stereocenters. The predicted molar refractivity (Wildman–Crippen MR) is 118 cm³/mol. The van der Waals surface area contributed by atoms with Crippen LogP contribution in [0.5, 0.6) is 5.75 Å². The highest BCUT2D eigenvalue weighted by Gasteiger charge is 2.10. The molecular weight excluding hydrogens is 396 g/mol. The number of ether oxygens (including phenoxy) is 1. The minimum absolute atomic E-state index is 0.0189. The molecule has 0 aliphatic heterocycles. The summed E-state index contributed by atoms with van der Waals surface area (Å²) in [5.74, 6) is 2.18. The van der Waals surface area contributed by atoms with E-state index >= 15 is 0 Å². The van der Waals surface area contributed by atoms with Gasteiger partial charge in [-0.15, -0.1) is 0 Å². The fraction of sp³-hybridized carbons (Fsp3) is 0.217. The number of rotatable bonds is 8. The van der Waals surface area contributed by atoms with E-state index in [4.69, 9.17) is 4.74 Å². The van der Waals surface area contributed by atoms with Crippen LogP contribution >= 0.6 is 0 Å². The van der Waals surface area contributed by atoms with Gasteiger partial charge in [-0.25, -0.2) is 4.98 Å². The van der Waals surface area contributed by atoms with Gasteiger partial charge < -0.3 is 15.0 Å². The van der Waals surface area contributed by atoms with E-state index in [-0.39, 0.29) is 11.6 Å². The Balaban J connectivity index is 1.25. The summed E-state index contributed by atoms with van der Waals surface area (Å²) in [7, 11) is 0. The molecule has 1 amide bonds. The van der Waals surface area contributed by atoms with Crippen molar-refractivity contribution < 1.29 is 14.5 Å². The lowest BCUT2D eigenvalue weighted by Crippen LogP contribution is -2.11. The first kappa shape index (κ1) is 20.3. The summed E-state index contributed by atoms with van der Waals surface area (Å²) in [6.45, 7) is 0. The number of aromatic nitrogens is 2. The molecular formula is C23H22N4O4. The van der Waals surface area contributed by atoms with Gasteiger partial charge in [0.2, 0.25) is 5.91 Å². The fourth-order valence-electron chi connectivity index (χ4n) is 3.33. The van der Waals surface area contributed by atoms with Crippen LogP contribution in [0.25, 0.3) is 11.0 Å². The van der Waals surface area contributed by atoms with E-state index in [2.05, 4.69) is 27.4 Å². The molecule has 1 aromatic heterocycles. The molecule has 0 fully saturated rings. The first-order chi connectivity index (χ1) is 15.1. The number of allylic oxidation sites excluding steroid dienone is 3. The lowest BCUT2D eigenvalue weighted by Gasteiger charge is -2.10. The third kappa shape index (κ3) is 5.36. The van der Waals surface area contributed by atoms with Gasteiger partial charge in [0, 0.05) is 30.7 Å². The SMILES string of the molecule is O=C(CCCc1nc2ccc([N+](=O)[O-])cc2[nH]1)Nc1ccc(OC2=CCCC=C2)cc1. The molecule has 1 aliphatic rings. The van der Waals surface area contributed by atoms with Crippen LogP contribution in [0.1, 0.15) is 31.5 Å². The minimum Gasteiger partial charge on any atom is -0.458 e. The molecule has 3 aromatic rings. The second kappa shape index (κ2) is 9.25. The number of nitro groups is 1. The van der Waals surface area contributed by atoms with E-state index in [1.165, 1.54) is 12.1 Å². The maximum absolute atomic E-state index is 12.2. The van der Waals surface area contributed by atoms with Gasteiger partial charge in [0.1, 0.15) is 17.3 Å². The summed E-state index contributed by atoms with van der Waals surface area (Å²) in [5.41, 5.74) is 2.02. The highest BCUT2D eigenvalue weighted by molar-refractivity contribution is 5.90. The number of nitrogens with one attached hydrogen (secondary N) is 2. The Morgan fingerprint density at radius 3 is 2.77 bits per heavy atom. The molecule has 2 aromatic carbocycles. The van der Waals surface area contributed by atoms with Crippen molar-refractivity contribution in [3.05, 3.63) is 82.4 Å². The van der Waals surface area contributed by atoms with Gasteiger partial charge >= 0.3 is 0 Å². The lowest BCUT2D eigenvalue weighted by molar-refractivity contribution is -0.384. The Kier molecular flexibility index (Phi) is 6.07. The summed E-state index contributed by atoms with van der Waals surface area (Å²) in [6, 6.07) is 11.8. The maximum Gasteiger partial charge on any atom is 0.271 e. The molecule has 0 bridgehead atoms. The van der Waals surface area contributed by atoms with Gasteiger partial charge in [-0.1, -0.05) is 6.08 Å². The van der Waals surface area contributed by atoms with Crippen LogP contribution < -0.4 is 10.1 Å². The third-order valence-electron chi connectivity index (χ3n) is 4.88. The van der Waals surface area contributed by atoms with Crippen LogP contribution in [-0.2, 0) is 11.2 Å². The van der Waals surface area contributed by atoms with Crippen molar-refractivity contribution in [2.45, 2.75) is 32.1 Å². The maximum atomic E-state index is 12.2. The molecule has 1 aliphatic carbocycles. The molecule has 158 valence electrons. The van der Waals surface area contributed by atoms with Crippen LogP contribution in [0.15, 0.2) is 66.5 Å². The number of non-ortho nitro benzene ring substituents is 1. The van der Waals surface area contributed by atoms with Gasteiger partial charge in [-0.05, 0) is 61.7 Å².